The lowest BCUT2D eigenvalue weighted by Crippen LogP contribution is -2.20. The van der Waals surface area contributed by atoms with Crippen molar-refractivity contribution in [2.24, 2.45) is 0 Å². The van der Waals surface area contributed by atoms with Crippen molar-refractivity contribution in [1.29, 1.82) is 0 Å². The Labute approximate surface area is 61.6 Å². The Morgan fingerprint density at radius 3 is 1.80 bits per heavy atom. The van der Waals surface area contributed by atoms with E-state index in [4.69, 9.17) is 5.11 Å². The molecule has 0 bridgehead atoms. The molecule has 0 aliphatic heterocycles. The zero-order valence-corrected chi connectivity index (χ0v) is 6.63. The molecule has 1 aliphatic carbocycles. The SMILES string of the molecule is C1CC1.CN(C)CC(=O)O. The van der Waals surface area contributed by atoms with Gasteiger partial charge in [-0.05, 0) is 14.1 Å². The van der Waals surface area contributed by atoms with Gasteiger partial charge in [0.1, 0.15) is 0 Å². The number of carboxylic acid groups (broad SMARTS) is 1. The molecule has 0 heterocycles. The van der Waals surface area contributed by atoms with Crippen LogP contribution in [0, 0.1) is 0 Å². The first-order valence-electron chi connectivity index (χ1n) is 3.49. The minimum absolute atomic E-state index is 0.111. The Morgan fingerprint density at radius 1 is 1.40 bits per heavy atom. The molecular weight excluding hydrogens is 130 g/mol. The van der Waals surface area contributed by atoms with Crippen molar-refractivity contribution in [2.45, 2.75) is 19.3 Å². The molecule has 0 unspecified atom stereocenters. The monoisotopic (exact) mass is 145 g/mol. The van der Waals surface area contributed by atoms with E-state index in [1.807, 2.05) is 0 Å². The molecule has 0 spiro atoms. The fourth-order valence-corrected chi connectivity index (χ4v) is 0.271. The average Bonchev–Trinajstić information content (AvgIpc) is 2.38. The Hall–Kier alpha value is -0.570. The highest BCUT2D eigenvalue weighted by molar-refractivity contribution is 5.68. The van der Waals surface area contributed by atoms with E-state index in [1.54, 1.807) is 19.0 Å². The normalized spacial score (nSPS) is 13.9. The van der Waals surface area contributed by atoms with Gasteiger partial charge in [-0.1, -0.05) is 19.3 Å². The Bertz CT molecular complexity index is 97.0. The van der Waals surface area contributed by atoms with E-state index in [-0.39, 0.29) is 6.54 Å². The van der Waals surface area contributed by atoms with Gasteiger partial charge in [0.25, 0.3) is 0 Å². The summed E-state index contributed by atoms with van der Waals surface area (Å²) in [5.74, 6) is -0.787. The minimum atomic E-state index is -0.787. The molecule has 1 saturated carbocycles. The van der Waals surface area contributed by atoms with Crippen molar-refractivity contribution in [1.82, 2.24) is 4.90 Å². The highest BCUT2D eigenvalue weighted by Crippen LogP contribution is 2.14. The third-order valence-electron chi connectivity index (χ3n) is 0.805. The van der Waals surface area contributed by atoms with Gasteiger partial charge in [-0.25, -0.2) is 0 Å². The maximum atomic E-state index is 9.77. The van der Waals surface area contributed by atoms with Crippen LogP contribution in [0.1, 0.15) is 19.3 Å². The van der Waals surface area contributed by atoms with E-state index in [9.17, 15) is 4.79 Å². The number of likely N-dealkylation sites (N-methyl/N-ethyl adjacent to an activating group) is 1. The van der Waals surface area contributed by atoms with E-state index in [0.29, 0.717) is 0 Å². The van der Waals surface area contributed by atoms with Crippen molar-refractivity contribution < 1.29 is 9.90 Å². The van der Waals surface area contributed by atoms with Crippen molar-refractivity contribution in [3.8, 4) is 0 Å². The molecule has 3 nitrogen and oxygen atoms in total. The van der Waals surface area contributed by atoms with Crippen LogP contribution in [0.15, 0.2) is 0 Å². The average molecular weight is 145 g/mol. The fraction of sp³-hybridized carbons (Fsp3) is 0.857. The number of carbonyl (C=O) groups is 1. The lowest BCUT2D eigenvalue weighted by Gasteiger charge is -2.01. The Morgan fingerprint density at radius 2 is 1.80 bits per heavy atom. The molecule has 0 aromatic rings. The standard InChI is InChI=1S/C4H9NO2.C3H6/c1-5(2)3-4(6)7;1-2-3-1/h3H2,1-2H3,(H,6,7);1-3H2. The third-order valence-corrected chi connectivity index (χ3v) is 0.805. The molecule has 3 heteroatoms. The van der Waals surface area contributed by atoms with Crippen LogP contribution in [0.3, 0.4) is 0 Å². The molecule has 1 fully saturated rings. The molecule has 0 aromatic carbocycles. The molecule has 0 atom stereocenters. The van der Waals surface area contributed by atoms with Crippen molar-refractivity contribution in [3.05, 3.63) is 0 Å². The first-order valence-corrected chi connectivity index (χ1v) is 3.49. The summed E-state index contributed by atoms with van der Waals surface area (Å²) in [6.07, 6.45) is 4.50. The Kier molecular flexibility index (Phi) is 4.94. The number of nitrogens with zero attached hydrogens (tertiary/aromatic N) is 1. The van der Waals surface area contributed by atoms with Crippen LogP contribution < -0.4 is 0 Å². The number of carboxylic acids is 1. The fourth-order valence-electron chi connectivity index (χ4n) is 0.271. The maximum Gasteiger partial charge on any atom is 0.317 e. The number of hydrogen-bond acceptors (Lipinski definition) is 2. The van der Waals surface area contributed by atoms with E-state index in [0.717, 1.165) is 0 Å². The van der Waals surface area contributed by atoms with Gasteiger partial charge in [0.2, 0.25) is 0 Å². The second-order valence-corrected chi connectivity index (χ2v) is 2.69. The minimum Gasteiger partial charge on any atom is -0.480 e. The van der Waals surface area contributed by atoms with Gasteiger partial charge in [-0.2, -0.15) is 0 Å². The summed E-state index contributed by atoms with van der Waals surface area (Å²) in [4.78, 5) is 11.4. The second kappa shape index (κ2) is 5.23. The van der Waals surface area contributed by atoms with Crippen LogP contribution in [-0.2, 0) is 4.79 Å². The zero-order chi connectivity index (χ0) is 7.98. The van der Waals surface area contributed by atoms with Gasteiger partial charge < -0.3 is 5.11 Å². The second-order valence-electron chi connectivity index (χ2n) is 2.69. The summed E-state index contributed by atoms with van der Waals surface area (Å²) in [7, 11) is 3.43. The largest absolute Gasteiger partial charge is 0.480 e. The quantitative estimate of drug-likeness (QED) is 0.625. The predicted molar refractivity (Wildman–Crippen MR) is 40.0 cm³/mol. The first-order chi connectivity index (χ1) is 4.63. The van der Waals surface area contributed by atoms with E-state index >= 15 is 0 Å². The van der Waals surface area contributed by atoms with Gasteiger partial charge >= 0.3 is 5.97 Å². The molecular formula is C7H15NO2. The third kappa shape index (κ3) is 15.7. The van der Waals surface area contributed by atoms with Gasteiger partial charge in [0, 0.05) is 0 Å². The molecule has 0 saturated heterocycles. The van der Waals surface area contributed by atoms with Gasteiger partial charge in [-0.15, -0.1) is 0 Å². The number of hydrogen-bond donors (Lipinski definition) is 1. The van der Waals surface area contributed by atoms with Gasteiger partial charge in [0.15, 0.2) is 0 Å². The highest BCUT2D eigenvalue weighted by atomic mass is 16.4. The lowest BCUT2D eigenvalue weighted by atomic mass is 10.6. The van der Waals surface area contributed by atoms with E-state index in [1.165, 1.54) is 19.3 Å². The highest BCUT2D eigenvalue weighted by Gasteiger charge is 1.95. The summed E-state index contributed by atoms with van der Waals surface area (Å²) in [5.41, 5.74) is 0. The number of aliphatic carboxylic acids is 1. The molecule has 0 amide bonds. The molecule has 60 valence electrons. The molecule has 1 N–H and O–H groups in total. The zero-order valence-electron chi connectivity index (χ0n) is 6.63. The molecule has 0 radical (unpaired) electrons. The number of rotatable bonds is 2. The van der Waals surface area contributed by atoms with Gasteiger partial charge in [0.05, 0.1) is 6.54 Å². The smallest absolute Gasteiger partial charge is 0.317 e. The summed E-state index contributed by atoms with van der Waals surface area (Å²) in [6, 6.07) is 0. The summed E-state index contributed by atoms with van der Waals surface area (Å²) in [5, 5.41) is 8.04. The van der Waals surface area contributed by atoms with Crippen LogP contribution >= 0.6 is 0 Å². The first kappa shape index (κ1) is 9.43. The lowest BCUT2D eigenvalue weighted by molar-refractivity contribution is -0.137. The van der Waals surface area contributed by atoms with Crippen LogP contribution in [0.5, 0.6) is 0 Å². The van der Waals surface area contributed by atoms with Crippen molar-refractivity contribution in [3.63, 3.8) is 0 Å². The molecule has 0 aromatic heterocycles. The molecule has 1 rings (SSSR count). The van der Waals surface area contributed by atoms with Crippen molar-refractivity contribution in [2.75, 3.05) is 20.6 Å². The molecule has 1 aliphatic rings. The van der Waals surface area contributed by atoms with Crippen LogP contribution in [0.4, 0.5) is 0 Å². The summed E-state index contributed by atoms with van der Waals surface area (Å²) >= 11 is 0. The van der Waals surface area contributed by atoms with Crippen LogP contribution in [-0.4, -0.2) is 36.6 Å². The van der Waals surface area contributed by atoms with Crippen LogP contribution in [0.25, 0.3) is 0 Å². The molecule has 10 heavy (non-hydrogen) atoms. The van der Waals surface area contributed by atoms with E-state index < -0.39 is 5.97 Å². The van der Waals surface area contributed by atoms with Crippen molar-refractivity contribution >= 4 is 5.97 Å². The topological polar surface area (TPSA) is 40.5 Å². The Balaban J connectivity index is 0.000000219. The van der Waals surface area contributed by atoms with E-state index in [2.05, 4.69) is 0 Å². The van der Waals surface area contributed by atoms with Gasteiger partial charge in [-0.3, -0.25) is 9.69 Å². The predicted octanol–water partition coefficient (Wildman–Crippen LogP) is 0.803. The summed E-state index contributed by atoms with van der Waals surface area (Å²) < 4.78 is 0. The summed E-state index contributed by atoms with van der Waals surface area (Å²) in [6.45, 7) is 0.111. The maximum absolute atomic E-state index is 9.77. The van der Waals surface area contributed by atoms with Crippen LogP contribution in [0.2, 0.25) is 0 Å².